The third-order valence-corrected chi connectivity index (χ3v) is 5.71. The van der Waals surface area contributed by atoms with Crippen LogP contribution in [0.2, 0.25) is 0 Å². The molecule has 7 heteroatoms. The molecule has 5 rings (SSSR count). The molecular formula is C26H22N4O3. The third-order valence-electron chi connectivity index (χ3n) is 5.71. The SMILES string of the molecule is Cc1ccc(N2C[C@H](C(=O)Nc3ccccc3-c3nc(-c4ccccc4)no3)CC2=O)cc1. The van der Waals surface area contributed by atoms with Gasteiger partial charge in [0, 0.05) is 24.2 Å². The molecule has 4 aromatic rings. The molecule has 0 aliphatic carbocycles. The molecule has 1 fully saturated rings. The molecule has 1 aromatic heterocycles. The lowest BCUT2D eigenvalue weighted by Gasteiger charge is -2.17. The van der Waals surface area contributed by atoms with Crippen LogP contribution in [0.25, 0.3) is 22.8 Å². The second-order valence-electron chi connectivity index (χ2n) is 8.06. The van der Waals surface area contributed by atoms with E-state index in [0.29, 0.717) is 29.5 Å². The van der Waals surface area contributed by atoms with Crippen LogP contribution in [0.5, 0.6) is 0 Å². The van der Waals surface area contributed by atoms with Gasteiger partial charge in [0.05, 0.1) is 17.2 Å². The summed E-state index contributed by atoms with van der Waals surface area (Å²) in [5.41, 5.74) is 3.95. The van der Waals surface area contributed by atoms with Crippen LogP contribution in [0.15, 0.2) is 83.4 Å². The van der Waals surface area contributed by atoms with Gasteiger partial charge in [0.25, 0.3) is 5.89 Å². The number of benzene rings is 3. The van der Waals surface area contributed by atoms with Crippen molar-refractivity contribution in [2.45, 2.75) is 13.3 Å². The minimum absolute atomic E-state index is 0.0586. The van der Waals surface area contributed by atoms with E-state index in [1.54, 1.807) is 11.0 Å². The Labute approximate surface area is 191 Å². The number of aryl methyl sites for hydroxylation is 1. The van der Waals surface area contributed by atoms with Gasteiger partial charge in [-0.15, -0.1) is 0 Å². The van der Waals surface area contributed by atoms with Crippen LogP contribution >= 0.6 is 0 Å². The van der Waals surface area contributed by atoms with Crippen LogP contribution in [-0.2, 0) is 9.59 Å². The molecule has 1 N–H and O–H groups in total. The summed E-state index contributed by atoms with van der Waals surface area (Å²) in [5.74, 6) is 0.0646. The molecule has 1 aliphatic rings. The van der Waals surface area contributed by atoms with Gasteiger partial charge in [-0.1, -0.05) is 65.3 Å². The maximum Gasteiger partial charge on any atom is 0.260 e. The predicted octanol–water partition coefficient (Wildman–Crippen LogP) is 4.70. The lowest BCUT2D eigenvalue weighted by atomic mass is 10.1. The molecule has 7 nitrogen and oxygen atoms in total. The number of para-hydroxylation sites is 1. The zero-order valence-electron chi connectivity index (χ0n) is 18.1. The van der Waals surface area contributed by atoms with Crippen LogP contribution in [0, 0.1) is 12.8 Å². The standard InChI is InChI=1S/C26H22N4O3/c1-17-11-13-20(14-12-17)30-16-19(15-23(30)31)25(32)27-22-10-6-5-9-21(22)26-28-24(29-33-26)18-7-3-2-4-8-18/h2-14,19H,15-16H2,1H3,(H,27,32)/t19-/m1/s1. The average molecular weight is 438 g/mol. The summed E-state index contributed by atoms with van der Waals surface area (Å²) < 4.78 is 5.48. The number of aromatic nitrogens is 2. The van der Waals surface area contributed by atoms with Gasteiger partial charge in [-0.2, -0.15) is 4.98 Å². The number of rotatable bonds is 5. The van der Waals surface area contributed by atoms with Crippen molar-refractivity contribution >= 4 is 23.2 Å². The second kappa shape index (κ2) is 8.70. The summed E-state index contributed by atoms with van der Waals surface area (Å²) in [6.07, 6.45) is 0.167. The van der Waals surface area contributed by atoms with Crippen LogP contribution in [0.1, 0.15) is 12.0 Å². The molecule has 0 saturated carbocycles. The lowest BCUT2D eigenvalue weighted by molar-refractivity contribution is -0.122. The monoisotopic (exact) mass is 438 g/mol. The highest BCUT2D eigenvalue weighted by molar-refractivity contribution is 6.04. The number of amides is 2. The Morgan fingerprint density at radius 2 is 1.73 bits per heavy atom. The van der Waals surface area contributed by atoms with Crippen molar-refractivity contribution < 1.29 is 14.1 Å². The van der Waals surface area contributed by atoms with Gasteiger partial charge in [0.1, 0.15) is 0 Å². The van der Waals surface area contributed by atoms with Crippen molar-refractivity contribution in [3.63, 3.8) is 0 Å². The normalized spacial score (nSPS) is 15.6. The Morgan fingerprint density at radius 1 is 1.00 bits per heavy atom. The minimum atomic E-state index is -0.450. The molecule has 3 aromatic carbocycles. The van der Waals surface area contributed by atoms with Crippen molar-refractivity contribution in [1.29, 1.82) is 0 Å². The maximum absolute atomic E-state index is 13.0. The van der Waals surface area contributed by atoms with E-state index in [-0.39, 0.29) is 18.2 Å². The number of hydrogen-bond donors (Lipinski definition) is 1. The van der Waals surface area contributed by atoms with Crippen molar-refractivity contribution in [3.05, 3.63) is 84.4 Å². The van der Waals surface area contributed by atoms with E-state index in [4.69, 9.17) is 4.52 Å². The van der Waals surface area contributed by atoms with Crippen LogP contribution in [-0.4, -0.2) is 28.5 Å². The van der Waals surface area contributed by atoms with Crippen LogP contribution in [0.4, 0.5) is 11.4 Å². The summed E-state index contributed by atoms with van der Waals surface area (Å²) in [7, 11) is 0. The van der Waals surface area contributed by atoms with Crippen molar-refractivity contribution in [2.24, 2.45) is 5.92 Å². The number of anilines is 2. The number of nitrogens with zero attached hydrogens (tertiary/aromatic N) is 3. The van der Waals surface area contributed by atoms with E-state index in [1.165, 1.54) is 0 Å². The van der Waals surface area contributed by atoms with E-state index >= 15 is 0 Å². The van der Waals surface area contributed by atoms with Gasteiger partial charge in [-0.25, -0.2) is 0 Å². The number of nitrogens with one attached hydrogen (secondary N) is 1. The number of hydrogen-bond acceptors (Lipinski definition) is 5. The Bertz CT molecular complexity index is 1300. The van der Waals surface area contributed by atoms with E-state index in [2.05, 4.69) is 15.5 Å². The molecule has 2 amide bonds. The summed E-state index contributed by atoms with van der Waals surface area (Å²) >= 11 is 0. The molecule has 2 heterocycles. The summed E-state index contributed by atoms with van der Waals surface area (Å²) in [5, 5.41) is 7.03. The first kappa shape index (κ1) is 20.6. The summed E-state index contributed by atoms with van der Waals surface area (Å²) in [4.78, 5) is 31.8. The zero-order chi connectivity index (χ0) is 22.8. The van der Waals surface area contributed by atoms with Crippen molar-refractivity contribution in [1.82, 2.24) is 10.1 Å². The fourth-order valence-corrected chi connectivity index (χ4v) is 3.91. The van der Waals surface area contributed by atoms with Crippen molar-refractivity contribution in [2.75, 3.05) is 16.8 Å². The van der Waals surface area contributed by atoms with Gasteiger partial charge < -0.3 is 14.7 Å². The van der Waals surface area contributed by atoms with Gasteiger partial charge in [-0.05, 0) is 31.2 Å². The Hall–Kier alpha value is -4.26. The van der Waals surface area contributed by atoms with E-state index in [1.807, 2.05) is 79.7 Å². The first-order valence-corrected chi connectivity index (χ1v) is 10.7. The first-order valence-electron chi connectivity index (χ1n) is 10.7. The van der Waals surface area contributed by atoms with Gasteiger partial charge in [-0.3, -0.25) is 9.59 Å². The highest BCUT2D eigenvalue weighted by Gasteiger charge is 2.35. The van der Waals surface area contributed by atoms with Crippen molar-refractivity contribution in [3.8, 4) is 22.8 Å². The van der Waals surface area contributed by atoms with E-state index in [0.717, 1.165) is 16.8 Å². The molecule has 0 bridgehead atoms. The second-order valence-corrected chi connectivity index (χ2v) is 8.06. The molecule has 33 heavy (non-hydrogen) atoms. The Morgan fingerprint density at radius 3 is 2.52 bits per heavy atom. The Balaban J connectivity index is 1.34. The van der Waals surface area contributed by atoms with Gasteiger partial charge in [0.15, 0.2) is 0 Å². The number of carbonyl (C=O) groups excluding carboxylic acids is 2. The molecule has 0 spiro atoms. The molecule has 1 aliphatic heterocycles. The largest absolute Gasteiger partial charge is 0.334 e. The molecule has 0 radical (unpaired) electrons. The Kier molecular flexibility index (Phi) is 5.44. The fourth-order valence-electron chi connectivity index (χ4n) is 3.91. The zero-order valence-corrected chi connectivity index (χ0v) is 18.1. The molecule has 164 valence electrons. The average Bonchev–Trinajstić information content (AvgIpc) is 3.48. The van der Waals surface area contributed by atoms with E-state index in [9.17, 15) is 9.59 Å². The third kappa shape index (κ3) is 4.25. The molecular weight excluding hydrogens is 416 g/mol. The first-order chi connectivity index (χ1) is 16.1. The maximum atomic E-state index is 13.0. The fraction of sp³-hybridized carbons (Fsp3) is 0.154. The minimum Gasteiger partial charge on any atom is -0.334 e. The topological polar surface area (TPSA) is 88.3 Å². The highest BCUT2D eigenvalue weighted by atomic mass is 16.5. The molecule has 1 atom stereocenters. The van der Waals surface area contributed by atoms with Crippen LogP contribution < -0.4 is 10.2 Å². The molecule has 0 unspecified atom stereocenters. The summed E-state index contributed by atoms with van der Waals surface area (Å²) in [6.45, 7) is 2.34. The number of carbonyl (C=O) groups is 2. The quantitative estimate of drug-likeness (QED) is 0.488. The smallest absolute Gasteiger partial charge is 0.260 e. The molecule has 1 saturated heterocycles. The van der Waals surface area contributed by atoms with Gasteiger partial charge in [0.2, 0.25) is 17.6 Å². The summed E-state index contributed by atoms with van der Waals surface area (Å²) in [6, 6.07) is 24.5. The van der Waals surface area contributed by atoms with E-state index < -0.39 is 5.92 Å². The van der Waals surface area contributed by atoms with Crippen LogP contribution in [0.3, 0.4) is 0 Å². The highest BCUT2D eigenvalue weighted by Crippen LogP contribution is 2.30. The van der Waals surface area contributed by atoms with Gasteiger partial charge >= 0.3 is 0 Å². The predicted molar refractivity (Wildman–Crippen MR) is 125 cm³/mol. The lowest BCUT2D eigenvalue weighted by Crippen LogP contribution is -2.28.